The average Bonchev–Trinajstić information content (AvgIpc) is 2.28. The van der Waals surface area contributed by atoms with E-state index in [0.29, 0.717) is 12.0 Å². The van der Waals surface area contributed by atoms with Gasteiger partial charge in [-0.2, -0.15) is 0 Å². The molecule has 5 heteroatoms. The quantitative estimate of drug-likeness (QED) is 0.591. The number of hydrogen-bond donors (Lipinski definition) is 2. The highest BCUT2D eigenvalue weighted by atomic mass is 16.6. The van der Waals surface area contributed by atoms with Crippen LogP contribution in [0.5, 0.6) is 0 Å². The van der Waals surface area contributed by atoms with Crippen molar-refractivity contribution in [1.29, 1.82) is 0 Å². The van der Waals surface area contributed by atoms with Crippen LogP contribution in [0.3, 0.4) is 0 Å². The third-order valence-corrected chi connectivity index (χ3v) is 2.46. The molecule has 2 atom stereocenters. The highest BCUT2D eigenvalue weighted by Crippen LogP contribution is 2.21. The van der Waals surface area contributed by atoms with Gasteiger partial charge in [0, 0.05) is 18.6 Å². The second-order valence-electron chi connectivity index (χ2n) is 3.66. The van der Waals surface area contributed by atoms with Crippen molar-refractivity contribution in [1.82, 2.24) is 0 Å². The van der Waals surface area contributed by atoms with E-state index in [2.05, 4.69) is 0 Å². The van der Waals surface area contributed by atoms with E-state index in [9.17, 15) is 20.3 Å². The first-order valence-corrected chi connectivity index (χ1v) is 5.15. The number of aliphatic hydroxyl groups is 2. The number of rotatable bonds is 5. The Balaban J connectivity index is 2.70. The molecule has 0 bridgehead atoms. The zero-order chi connectivity index (χ0) is 12.1. The van der Waals surface area contributed by atoms with Gasteiger partial charge >= 0.3 is 0 Å². The fourth-order valence-corrected chi connectivity index (χ4v) is 1.38. The van der Waals surface area contributed by atoms with E-state index in [-0.39, 0.29) is 12.1 Å². The number of aliphatic hydroxyl groups excluding tert-OH is 2. The van der Waals surface area contributed by atoms with E-state index in [1.165, 1.54) is 24.3 Å². The standard InChI is InChI=1S/C11H15NO4/c1-2-10(13)7-11(14)8-3-5-9(6-4-8)12(15)16/h3-6,10-11,13-14H,2,7H2,1H3/t10-,11-/m0/s1. The van der Waals surface area contributed by atoms with E-state index in [0.717, 1.165) is 0 Å². The van der Waals surface area contributed by atoms with E-state index in [1.807, 2.05) is 6.92 Å². The monoisotopic (exact) mass is 225 g/mol. The smallest absolute Gasteiger partial charge is 0.269 e. The van der Waals surface area contributed by atoms with E-state index < -0.39 is 17.1 Å². The van der Waals surface area contributed by atoms with Gasteiger partial charge in [-0.25, -0.2) is 0 Å². The van der Waals surface area contributed by atoms with Gasteiger partial charge in [0.05, 0.1) is 17.1 Å². The van der Waals surface area contributed by atoms with Gasteiger partial charge < -0.3 is 10.2 Å². The highest BCUT2D eigenvalue weighted by molar-refractivity contribution is 5.33. The average molecular weight is 225 g/mol. The van der Waals surface area contributed by atoms with Crippen LogP contribution in [0.15, 0.2) is 24.3 Å². The second-order valence-corrected chi connectivity index (χ2v) is 3.66. The van der Waals surface area contributed by atoms with E-state index in [4.69, 9.17) is 0 Å². The molecule has 1 aromatic carbocycles. The molecule has 1 aromatic rings. The lowest BCUT2D eigenvalue weighted by atomic mass is 10.0. The van der Waals surface area contributed by atoms with Crippen LogP contribution < -0.4 is 0 Å². The van der Waals surface area contributed by atoms with Gasteiger partial charge in [-0.1, -0.05) is 6.92 Å². The van der Waals surface area contributed by atoms with Crippen molar-refractivity contribution in [3.05, 3.63) is 39.9 Å². The molecule has 0 saturated heterocycles. The summed E-state index contributed by atoms with van der Waals surface area (Å²) in [5.74, 6) is 0. The number of non-ortho nitro benzene ring substituents is 1. The minimum Gasteiger partial charge on any atom is -0.393 e. The van der Waals surface area contributed by atoms with Crippen molar-refractivity contribution in [2.24, 2.45) is 0 Å². The summed E-state index contributed by atoms with van der Waals surface area (Å²) in [6.45, 7) is 1.83. The van der Waals surface area contributed by atoms with Crippen LogP contribution in [0.1, 0.15) is 31.4 Å². The highest BCUT2D eigenvalue weighted by Gasteiger charge is 2.13. The second kappa shape index (κ2) is 5.58. The minimum atomic E-state index is -0.782. The molecule has 88 valence electrons. The number of benzene rings is 1. The van der Waals surface area contributed by atoms with Crippen LogP contribution in [-0.2, 0) is 0 Å². The summed E-state index contributed by atoms with van der Waals surface area (Å²) in [7, 11) is 0. The zero-order valence-electron chi connectivity index (χ0n) is 9.04. The molecule has 0 aliphatic rings. The van der Waals surface area contributed by atoms with Gasteiger partial charge in [-0.05, 0) is 24.1 Å². The van der Waals surface area contributed by atoms with Crippen LogP contribution in [0.25, 0.3) is 0 Å². The maximum atomic E-state index is 10.4. The lowest BCUT2D eigenvalue weighted by Crippen LogP contribution is -2.10. The lowest BCUT2D eigenvalue weighted by Gasteiger charge is -2.14. The van der Waals surface area contributed by atoms with Gasteiger partial charge in [-0.15, -0.1) is 0 Å². The Morgan fingerprint density at radius 2 is 1.88 bits per heavy atom. The minimum absolute atomic E-state index is 0.00742. The van der Waals surface area contributed by atoms with Gasteiger partial charge in [0.1, 0.15) is 0 Å². The van der Waals surface area contributed by atoms with Crippen molar-refractivity contribution in [2.75, 3.05) is 0 Å². The van der Waals surface area contributed by atoms with Crippen LogP contribution in [0, 0.1) is 10.1 Å². The first-order chi connectivity index (χ1) is 7.54. The number of hydrogen-bond acceptors (Lipinski definition) is 4. The topological polar surface area (TPSA) is 83.6 Å². The SMILES string of the molecule is CC[C@H](O)C[C@H](O)c1ccc([N+](=O)[O-])cc1. The van der Waals surface area contributed by atoms with Crippen LogP contribution in [0.4, 0.5) is 5.69 Å². The maximum absolute atomic E-state index is 10.4. The Kier molecular flexibility index (Phi) is 4.39. The Bertz CT molecular complexity index is 350. The molecule has 0 aromatic heterocycles. The molecule has 0 heterocycles. The summed E-state index contributed by atoms with van der Waals surface area (Å²) in [5.41, 5.74) is 0.574. The molecule has 0 fully saturated rings. The molecule has 0 amide bonds. The normalized spacial score (nSPS) is 14.4. The molecule has 5 nitrogen and oxygen atoms in total. The molecule has 0 spiro atoms. The lowest BCUT2D eigenvalue weighted by molar-refractivity contribution is -0.384. The van der Waals surface area contributed by atoms with Gasteiger partial charge in [0.15, 0.2) is 0 Å². The molecular weight excluding hydrogens is 210 g/mol. The summed E-state index contributed by atoms with van der Waals surface area (Å²) in [6.07, 6.45) is -0.515. The molecule has 1 rings (SSSR count). The largest absolute Gasteiger partial charge is 0.393 e. The fraction of sp³-hybridized carbons (Fsp3) is 0.455. The first kappa shape index (κ1) is 12.6. The summed E-state index contributed by atoms with van der Waals surface area (Å²) in [6, 6.07) is 5.70. The summed E-state index contributed by atoms with van der Waals surface area (Å²) in [4.78, 5) is 9.92. The number of nitrogens with zero attached hydrogens (tertiary/aromatic N) is 1. The maximum Gasteiger partial charge on any atom is 0.269 e. The van der Waals surface area contributed by atoms with Crippen molar-refractivity contribution in [2.45, 2.75) is 32.0 Å². The van der Waals surface area contributed by atoms with Crippen LogP contribution in [-0.4, -0.2) is 21.2 Å². The van der Waals surface area contributed by atoms with Gasteiger partial charge in [0.25, 0.3) is 5.69 Å². The van der Waals surface area contributed by atoms with Gasteiger partial charge in [-0.3, -0.25) is 10.1 Å². The molecule has 2 N–H and O–H groups in total. The third-order valence-electron chi connectivity index (χ3n) is 2.46. The van der Waals surface area contributed by atoms with Crippen molar-refractivity contribution < 1.29 is 15.1 Å². The van der Waals surface area contributed by atoms with Crippen LogP contribution >= 0.6 is 0 Å². The predicted octanol–water partition coefficient (Wildman–Crippen LogP) is 1.79. The molecule has 0 aliphatic carbocycles. The number of nitro benzene ring substituents is 1. The summed E-state index contributed by atoms with van der Waals surface area (Å²) in [5, 5.41) is 29.5. The van der Waals surface area contributed by atoms with Gasteiger partial charge in [0.2, 0.25) is 0 Å². The van der Waals surface area contributed by atoms with Crippen molar-refractivity contribution >= 4 is 5.69 Å². The fourth-order valence-electron chi connectivity index (χ4n) is 1.38. The van der Waals surface area contributed by atoms with E-state index in [1.54, 1.807) is 0 Å². The molecule has 16 heavy (non-hydrogen) atoms. The summed E-state index contributed by atoms with van der Waals surface area (Å²) < 4.78 is 0. The summed E-state index contributed by atoms with van der Waals surface area (Å²) >= 11 is 0. The molecule has 0 aliphatic heterocycles. The molecule has 0 radical (unpaired) electrons. The zero-order valence-corrected chi connectivity index (χ0v) is 9.04. The van der Waals surface area contributed by atoms with E-state index >= 15 is 0 Å². The molecule has 0 saturated carbocycles. The molecular formula is C11H15NO4. The molecule has 0 unspecified atom stereocenters. The van der Waals surface area contributed by atoms with Crippen molar-refractivity contribution in [3.63, 3.8) is 0 Å². The Morgan fingerprint density at radius 1 is 1.31 bits per heavy atom. The Morgan fingerprint density at radius 3 is 2.31 bits per heavy atom. The predicted molar refractivity (Wildman–Crippen MR) is 59.0 cm³/mol. The van der Waals surface area contributed by atoms with Crippen LogP contribution in [0.2, 0.25) is 0 Å². The third kappa shape index (κ3) is 3.29. The van der Waals surface area contributed by atoms with Crippen molar-refractivity contribution in [3.8, 4) is 0 Å². The number of nitro groups is 1. The Hall–Kier alpha value is -1.46. The Labute approximate surface area is 93.5 Å². The first-order valence-electron chi connectivity index (χ1n) is 5.15.